The first kappa shape index (κ1) is 21.4. The van der Waals surface area contributed by atoms with Crippen LogP contribution in [0.25, 0.3) is 0 Å². The SMILES string of the molecule is CCN(C(c1ccc(F)cc1)C(F)(F)F)S(=O)(=O)c1cc(Cl)c(=O)n(C)c1. The highest BCUT2D eigenvalue weighted by Crippen LogP contribution is 2.40. The zero-order chi connectivity index (χ0) is 20.6. The van der Waals surface area contributed by atoms with E-state index in [2.05, 4.69) is 0 Å². The fraction of sp³-hybridized carbons (Fsp3) is 0.312. The molecule has 5 nitrogen and oxygen atoms in total. The minimum Gasteiger partial charge on any atom is -0.316 e. The molecule has 0 fully saturated rings. The van der Waals surface area contributed by atoms with Gasteiger partial charge in [0.2, 0.25) is 10.0 Å². The molecule has 1 unspecified atom stereocenters. The maximum atomic E-state index is 13.7. The summed E-state index contributed by atoms with van der Waals surface area (Å²) in [6, 6.07) is 1.65. The summed E-state index contributed by atoms with van der Waals surface area (Å²) in [6.45, 7) is 0.716. The first-order valence-corrected chi connectivity index (χ1v) is 9.41. The van der Waals surface area contributed by atoms with E-state index in [1.54, 1.807) is 0 Å². The van der Waals surface area contributed by atoms with Crippen LogP contribution in [0.15, 0.2) is 46.2 Å². The standard InChI is InChI=1S/C16H15ClF4N2O3S/c1-3-23(14(16(19,20)21)10-4-6-11(18)7-5-10)27(25,26)12-8-13(17)15(24)22(2)9-12/h4-9,14H,3H2,1-2H3. The molecular formula is C16H15ClF4N2O3S. The predicted molar refractivity (Wildman–Crippen MR) is 91.5 cm³/mol. The van der Waals surface area contributed by atoms with Crippen LogP contribution in [-0.2, 0) is 17.1 Å². The Labute approximate surface area is 157 Å². The lowest BCUT2D eigenvalue weighted by Crippen LogP contribution is -2.42. The topological polar surface area (TPSA) is 59.4 Å². The van der Waals surface area contributed by atoms with Crippen molar-refractivity contribution in [3.05, 3.63) is 63.3 Å². The molecule has 2 aromatic rings. The van der Waals surface area contributed by atoms with Crippen molar-refractivity contribution in [2.45, 2.75) is 24.0 Å². The summed E-state index contributed by atoms with van der Waals surface area (Å²) < 4.78 is 81.2. The van der Waals surface area contributed by atoms with Gasteiger partial charge in [0.25, 0.3) is 5.56 Å². The molecular weight excluding hydrogens is 412 g/mol. The molecule has 1 atom stereocenters. The fourth-order valence-electron chi connectivity index (χ4n) is 2.57. The molecule has 0 aliphatic rings. The lowest BCUT2D eigenvalue weighted by atomic mass is 10.1. The molecule has 0 bridgehead atoms. The van der Waals surface area contributed by atoms with Crippen molar-refractivity contribution < 1.29 is 26.0 Å². The lowest BCUT2D eigenvalue weighted by Gasteiger charge is -2.31. The molecule has 27 heavy (non-hydrogen) atoms. The van der Waals surface area contributed by atoms with Gasteiger partial charge in [0.1, 0.15) is 21.8 Å². The Kier molecular flexibility index (Phi) is 6.03. The van der Waals surface area contributed by atoms with Crippen LogP contribution in [0.3, 0.4) is 0 Å². The second kappa shape index (κ2) is 7.61. The minimum absolute atomic E-state index is 0.233. The predicted octanol–water partition coefficient (Wildman–Crippen LogP) is 3.49. The van der Waals surface area contributed by atoms with E-state index in [0.29, 0.717) is 0 Å². The third-order valence-corrected chi connectivity index (χ3v) is 5.99. The molecule has 2 rings (SSSR count). The summed E-state index contributed by atoms with van der Waals surface area (Å²) >= 11 is 5.70. The highest BCUT2D eigenvalue weighted by molar-refractivity contribution is 7.89. The quantitative estimate of drug-likeness (QED) is 0.688. The summed E-state index contributed by atoms with van der Waals surface area (Å²) in [6.07, 6.45) is -4.07. The first-order chi connectivity index (χ1) is 12.4. The lowest BCUT2D eigenvalue weighted by molar-refractivity contribution is -0.173. The van der Waals surface area contributed by atoms with E-state index in [1.807, 2.05) is 0 Å². The van der Waals surface area contributed by atoms with E-state index >= 15 is 0 Å². The second-order valence-corrected chi connectivity index (χ2v) is 7.94. The monoisotopic (exact) mass is 426 g/mol. The summed E-state index contributed by atoms with van der Waals surface area (Å²) in [5.74, 6) is -0.754. The van der Waals surface area contributed by atoms with Crippen molar-refractivity contribution in [1.82, 2.24) is 8.87 Å². The van der Waals surface area contributed by atoms with Gasteiger partial charge in [0.05, 0.1) is 0 Å². The molecule has 0 aliphatic heterocycles. The molecule has 0 aliphatic carbocycles. The zero-order valence-corrected chi connectivity index (χ0v) is 15.7. The van der Waals surface area contributed by atoms with Crippen LogP contribution in [-0.4, -0.2) is 30.0 Å². The number of benzene rings is 1. The largest absolute Gasteiger partial charge is 0.409 e. The normalized spacial score (nSPS) is 13.8. The van der Waals surface area contributed by atoms with Crippen molar-refractivity contribution in [3.63, 3.8) is 0 Å². The van der Waals surface area contributed by atoms with Gasteiger partial charge in [-0.25, -0.2) is 12.8 Å². The van der Waals surface area contributed by atoms with Crippen LogP contribution in [0.2, 0.25) is 5.02 Å². The van der Waals surface area contributed by atoms with Gasteiger partial charge in [-0.15, -0.1) is 0 Å². The maximum Gasteiger partial charge on any atom is 0.409 e. The molecule has 148 valence electrons. The van der Waals surface area contributed by atoms with Crippen LogP contribution < -0.4 is 5.56 Å². The van der Waals surface area contributed by atoms with Gasteiger partial charge >= 0.3 is 6.18 Å². The third-order valence-electron chi connectivity index (χ3n) is 3.82. The van der Waals surface area contributed by atoms with Crippen molar-refractivity contribution >= 4 is 21.6 Å². The van der Waals surface area contributed by atoms with Crippen LogP contribution in [0.1, 0.15) is 18.5 Å². The number of aromatic nitrogens is 1. The summed E-state index contributed by atoms with van der Waals surface area (Å²) in [5, 5.41) is -0.444. The van der Waals surface area contributed by atoms with Gasteiger partial charge in [0.15, 0.2) is 0 Å². The number of nitrogens with zero attached hydrogens (tertiary/aromatic N) is 2. The Morgan fingerprint density at radius 1 is 1.22 bits per heavy atom. The highest BCUT2D eigenvalue weighted by atomic mass is 35.5. The molecule has 0 amide bonds. The Bertz CT molecular complexity index is 962. The Hall–Kier alpha value is -1.91. The zero-order valence-electron chi connectivity index (χ0n) is 14.2. The van der Waals surface area contributed by atoms with Gasteiger partial charge in [-0.2, -0.15) is 17.5 Å². The third kappa shape index (κ3) is 4.33. The average Bonchev–Trinajstić information content (AvgIpc) is 2.56. The van der Waals surface area contributed by atoms with Crippen molar-refractivity contribution in [1.29, 1.82) is 0 Å². The smallest absolute Gasteiger partial charge is 0.316 e. The summed E-state index contributed by atoms with van der Waals surface area (Å²) in [5.41, 5.74) is -1.13. The molecule has 0 radical (unpaired) electrons. The summed E-state index contributed by atoms with van der Waals surface area (Å²) in [7, 11) is -3.45. The molecule has 11 heteroatoms. The summed E-state index contributed by atoms with van der Waals surface area (Å²) in [4.78, 5) is 11.1. The van der Waals surface area contributed by atoms with Gasteiger partial charge in [0, 0.05) is 19.8 Å². The Balaban J connectivity index is 2.66. The van der Waals surface area contributed by atoms with Crippen LogP contribution in [0.4, 0.5) is 17.6 Å². The number of alkyl halides is 3. The highest BCUT2D eigenvalue weighted by Gasteiger charge is 2.48. The molecule has 1 heterocycles. The van der Waals surface area contributed by atoms with E-state index < -0.39 is 55.6 Å². The number of hydrogen-bond donors (Lipinski definition) is 0. The van der Waals surface area contributed by atoms with E-state index in [-0.39, 0.29) is 4.31 Å². The van der Waals surface area contributed by atoms with Gasteiger partial charge in [-0.3, -0.25) is 4.79 Å². The van der Waals surface area contributed by atoms with Gasteiger partial charge < -0.3 is 4.57 Å². The van der Waals surface area contributed by atoms with E-state index in [0.717, 1.165) is 41.1 Å². The van der Waals surface area contributed by atoms with Crippen LogP contribution >= 0.6 is 11.6 Å². The molecule has 0 saturated heterocycles. The number of rotatable bonds is 5. The van der Waals surface area contributed by atoms with E-state index in [4.69, 9.17) is 11.6 Å². The average molecular weight is 427 g/mol. The number of sulfonamides is 1. The van der Waals surface area contributed by atoms with Crippen LogP contribution in [0.5, 0.6) is 0 Å². The molecule has 0 N–H and O–H groups in total. The number of pyridine rings is 1. The molecule has 1 aromatic heterocycles. The Morgan fingerprint density at radius 3 is 2.22 bits per heavy atom. The molecule has 0 spiro atoms. The second-order valence-electron chi connectivity index (χ2n) is 5.64. The van der Waals surface area contributed by atoms with Gasteiger partial charge in [-0.05, 0) is 23.8 Å². The fourth-order valence-corrected chi connectivity index (χ4v) is 4.58. The van der Waals surface area contributed by atoms with Crippen molar-refractivity contribution in [3.8, 4) is 0 Å². The first-order valence-electron chi connectivity index (χ1n) is 7.59. The number of halogens is 5. The number of hydrogen-bond acceptors (Lipinski definition) is 3. The minimum atomic E-state index is -4.97. The molecule has 0 saturated carbocycles. The maximum absolute atomic E-state index is 13.7. The van der Waals surface area contributed by atoms with Crippen molar-refractivity contribution in [2.24, 2.45) is 7.05 Å². The van der Waals surface area contributed by atoms with E-state index in [9.17, 15) is 30.8 Å². The van der Waals surface area contributed by atoms with Crippen molar-refractivity contribution in [2.75, 3.05) is 6.54 Å². The molecule has 1 aromatic carbocycles. The van der Waals surface area contributed by atoms with E-state index in [1.165, 1.54) is 14.0 Å². The van der Waals surface area contributed by atoms with Gasteiger partial charge in [-0.1, -0.05) is 30.7 Å². The number of aryl methyl sites for hydroxylation is 1. The Morgan fingerprint density at radius 2 is 1.78 bits per heavy atom. The van der Waals surface area contributed by atoms with Crippen LogP contribution in [0, 0.1) is 5.82 Å².